The van der Waals surface area contributed by atoms with Gasteiger partial charge in [-0.25, -0.2) is 4.79 Å². The molecule has 128 valence electrons. The summed E-state index contributed by atoms with van der Waals surface area (Å²) in [6.07, 6.45) is 1.61. The second-order valence-electron chi connectivity index (χ2n) is 6.00. The van der Waals surface area contributed by atoms with Gasteiger partial charge < -0.3 is 20.7 Å². The lowest BCUT2D eigenvalue weighted by atomic mass is 10.0. The molecule has 23 heavy (non-hydrogen) atoms. The Morgan fingerprint density at radius 1 is 1.17 bits per heavy atom. The fourth-order valence-corrected chi connectivity index (χ4v) is 1.77. The monoisotopic (exact) mass is 321 g/mol. The van der Waals surface area contributed by atoms with Crippen molar-refractivity contribution < 1.29 is 14.3 Å². The first-order valence-electron chi connectivity index (χ1n) is 7.84. The fraction of sp³-hybridized carbons (Fsp3) is 0.529. The summed E-state index contributed by atoms with van der Waals surface area (Å²) in [5.41, 5.74) is 0.967. The summed E-state index contributed by atoms with van der Waals surface area (Å²) in [6, 6.07) is 6.54. The molecule has 0 spiro atoms. The summed E-state index contributed by atoms with van der Waals surface area (Å²) in [7, 11) is 1.62. The van der Waals surface area contributed by atoms with Gasteiger partial charge in [0.25, 0.3) is 5.91 Å². The van der Waals surface area contributed by atoms with E-state index in [1.807, 2.05) is 20.8 Å². The highest BCUT2D eigenvalue weighted by molar-refractivity contribution is 5.95. The van der Waals surface area contributed by atoms with Crippen molar-refractivity contribution >= 4 is 17.6 Å². The van der Waals surface area contributed by atoms with Gasteiger partial charge in [-0.05, 0) is 51.0 Å². The van der Waals surface area contributed by atoms with E-state index in [9.17, 15) is 9.59 Å². The number of ether oxygens (including phenoxy) is 1. The number of nitrogens with one attached hydrogen (secondary N) is 3. The van der Waals surface area contributed by atoms with Crippen LogP contribution in [-0.2, 0) is 4.74 Å². The van der Waals surface area contributed by atoms with Crippen molar-refractivity contribution in [2.75, 3.05) is 25.6 Å². The van der Waals surface area contributed by atoms with E-state index in [1.165, 1.54) is 0 Å². The molecular weight excluding hydrogens is 294 g/mol. The molecule has 0 fully saturated rings. The Morgan fingerprint density at radius 2 is 1.83 bits per heavy atom. The van der Waals surface area contributed by atoms with Crippen LogP contribution in [-0.4, -0.2) is 37.7 Å². The Balaban J connectivity index is 2.50. The van der Waals surface area contributed by atoms with Gasteiger partial charge >= 0.3 is 6.03 Å². The maximum atomic E-state index is 12.1. The summed E-state index contributed by atoms with van der Waals surface area (Å²) >= 11 is 0. The molecule has 0 aliphatic rings. The highest BCUT2D eigenvalue weighted by Crippen LogP contribution is 2.12. The molecule has 3 amide bonds. The molecule has 0 saturated carbocycles. The van der Waals surface area contributed by atoms with Crippen molar-refractivity contribution in [3.05, 3.63) is 29.8 Å². The molecule has 0 heterocycles. The summed E-state index contributed by atoms with van der Waals surface area (Å²) in [5.74, 6) is -0.118. The molecule has 0 saturated heterocycles. The number of hydrogen-bond acceptors (Lipinski definition) is 3. The van der Waals surface area contributed by atoms with Crippen LogP contribution in [0, 0.1) is 0 Å². The third kappa shape index (κ3) is 7.15. The minimum absolute atomic E-state index is 0.118. The van der Waals surface area contributed by atoms with Gasteiger partial charge in [-0.15, -0.1) is 0 Å². The van der Waals surface area contributed by atoms with E-state index in [4.69, 9.17) is 4.74 Å². The maximum Gasteiger partial charge on any atom is 0.319 e. The second-order valence-corrected chi connectivity index (χ2v) is 6.00. The summed E-state index contributed by atoms with van der Waals surface area (Å²) in [4.78, 5) is 23.8. The van der Waals surface area contributed by atoms with E-state index in [2.05, 4.69) is 16.0 Å². The van der Waals surface area contributed by atoms with Crippen LogP contribution in [0.2, 0.25) is 0 Å². The number of carbonyl (C=O) groups excluding carboxylic acids is 2. The zero-order valence-corrected chi connectivity index (χ0v) is 14.4. The van der Waals surface area contributed by atoms with Crippen LogP contribution in [0.15, 0.2) is 24.3 Å². The highest BCUT2D eigenvalue weighted by atomic mass is 16.5. The molecule has 0 aliphatic carbocycles. The molecule has 0 radical (unpaired) electrons. The number of anilines is 1. The zero-order chi connectivity index (χ0) is 17.3. The molecule has 1 aromatic rings. The van der Waals surface area contributed by atoms with E-state index in [0.29, 0.717) is 24.4 Å². The molecule has 0 aliphatic heterocycles. The quantitative estimate of drug-likeness (QED) is 0.644. The van der Waals surface area contributed by atoms with Crippen LogP contribution in [0.5, 0.6) is 0 Å². The van der Waals surface area contributed by atoms with Crippen LogP contribution >= 0.6 is 0 Å². The van der Waals surface area contributed by atoms with Crippen LogP contribution in [0.1, 0.15) is 44.0 Å². The Morgan fingerprint density at radius 3 is 2.39 bits per heavy atom. The smallest absolute Gasteiger partial charge is 0.319 e. The molecule has 6 heteroatoms. The lowest BCUT2D eigenvalue weighted by Crippen LogP contribution is -2.42. The molecule has 6 nitrogen and oxygen atoms in total. The van der Waals surface area contributed by atoms with Crippen molar-refractivity contribution in [2.24, 2.45) is 0 Å². The van der Waals surface area contributed by atoms with Gasteiger partial charge in [0, 0.05) is 37.1 Å². The minimum atomic E-state index is -0.273. The van der Waals surface area contributed by atoms with Crippen LogP contribution in [0.3, 0.4) is 0 Å². The Labute approximate surface area is 138 Å². The molecule has 0 unspecified atom stereocenters. The van der Waals surface area contributed by atoms with E-state index >= 15 is 0 Å². The molecule has 0 bridgehead atoms. The van der Waals surface area contributed by atoms with Crippen LogP contribution < -0.4 is 16.0 Å². The SMILES string of the molecule is CCC(C)(C)NC(=O)c1ccc(NC(=O)NCCCOC)cc1. The number of hydrogen-bond donors (Lipinski definition) is 3. The van der Waals surface area contributed by atoms with Gasteiger partial charge in [0.2, 0.25) is 0 Å². The highest BCUT2D eigenvalue weighted by Gasteiger charge is 2.18. The van der Waals surface area contributed by atoms with Crippen molar-refractivity contribution in [3.63, 3.8) is 0 Å². The normalized spacial score (nSPS) is 11.0. The van der Waals surface area contributed by atoms with Crippen LogP contribution in [0.25, 0.3) is 0 Å². The Bertz CT molecular complexity index is 512. The molecule has 0 aromatic heterocycles. The lowest BCUT2D eigenvalue weighted by Gasteiger charge is -2.24. The largest absolute Gasteiger partial charge is 0.385 e. The molecular formula is C17H27N3O3. The number of carbonyl (C=O) groups is 2. The Hall–Kier alpha value is -2.08. The van der Waals surface area contributed by atoms with Gasteiger partial charge in [-0.1, -0.05) is 6.92 Å². The summed E-state index contributed by atoms with van der Waals surface area (Å²) < 4.78 is 4.91. The fourth-order valence-electron chi connectivity index (χ4n) is 1.77. The number of amides is 3. The van der Waals surface area contributed by atoms with Gasteiger partial charge in [0.15, 0.2) is 0 Å². The Kier molecular flexibility index (Phi) is 7.54. The molecule has 3 N–H and O–H groups in total. The predicted molar refractivity (Wildman–Crippen MR) is 91.8 cm³/mol. The van der Waals surface area contributed by atoms with Crippen LogP contribution in [0.4, 0.5) is 10.5 Å². The average molecular weight is 321 g/mol. The molecule has 1 rings (SSSR count). The summed E-state index contributed by atoms with van der Waals surface area (Å²) in [5, 5.41) is 8.43. The second kappa shape index (κ2) is 9.15. The van der Waals surface area contributed by atoms with Gasteiger partial charge in [0.1, 0.15) is 0 Å². The van der Waals surface area contributed by atoms with Crippen molar-refractivity contribution in [1.29, 1.82) is 0 Å². The number of urea groups is 1. The zero-order valence-electron chi connectivity index (χ0n) is 14.4. The topological polar surface area (TPSA) is 79.5 Å². The summed E-state index contributed by atoms with van der Waals surface area (Å²) in [6.45, 7) is 7.15. The van der Waals surface area contributed by atoms with Gasteiger partial charge in [-0.2, -0.15) is 0 Å². The third-order valence-corrected chi connectivity index (χ3v) is 3.55. The number of benzene rings is 1. The first-order chi connectivity index (χ1) is 10.9. The molecule has 0 atom stereocenters. The number of rotatable bonds is 8. The van der Waals surface area contributed by atoms with E-state index in [-0.39, 0.29) is 17.5 Å². The first-order valence-corrected chi connectivity index (χ1v) is 7.84. The minimum Gasteiger partial charge on any atom is -0.385 e. The van der Waals surface area contributed by atoms with Crippen molar-refractivity contribution in [3.8, 4) is 0 Å². The molecule has 1 aromatic carbocycles. The number of methoxy groups -OCH3 is 1. The predicted octanol–water partition coefficient (Wildman–Crippen LogP) is 2.76. The maximum absolute atomic E-state index is 12.1. The van der Waals surface area contributed by atoms with Crippen molar-refractivity contribution in [1.82, 2.24) is 10.6 Å². The van der Waals surface area contributed by atoms with Crippen molar-refractivity contribution in [2.45, 2.75) is 39.2 Å². The van der Waals surface area contributed by atoms with Gasteiger partial charge in [0.05, 0.1) is 0 Å². The third-order valence-electron chi connectivity index (χ3n) is 3.55. The van der Waals surface area contributed by atoms with E-state index in [0.717, 1.165) is 12.8 Å². The standard InChI is InChI=1S/C17H27N3O3/c1-5-17(2,3)20-15(21)13-7-9-14(10-8-13)19-16(22)18-11-6-12-23-4/h7-10H,5-6,11-12H2,1-4H3,(H,20,21)(H2,18,19,22). The van der Waals surface area contributed by atoms with Gasteiger partial charge in [-0.3, -0.25) is 4.79 Å². The average Bonchev–Trinajstić information content (AvgIpc) is 2.52. The first kappa shape index (κ1) is 19.0. The van der Waals surface area contributed by atoms with E-state index < -0.39 is 0 Å². The van der Waals surface area contributed by atoms with E-state index in [1.54, 1.807) is 31.4 Å². The lowest BCUT2D eigenvalue weighted by molar-refractivity contribution is 0.0911.